The Morgan fingerprint density at radius 2 is 1.86 bits per heavy atom. The van der Waals surface area contributed by atoms with Crippen LogP contribution in [0.3, 0.4) is 0 Å². The highest BCUT2D eigenvalue weighted by Crippen LogP contribution is 2.39. The third kappa shape index (κ3) is 4.73. The van der Waals surface area contributed by atoms with Crippen LogP contribution in [0.15, 0.2) is 4.99 Å². The number of carbonyl (C=O) groups is 1. The van der Waals surface area contributed by atoms with Gasteiger partial charge >= 0.3 is 0 Å². The Balaban J connectivity index is 0.00000242. The maximum atomic E-state index is 12.5. The van der Waals surface area contributed by atoms with Gasteiger partial charge in [0.05, 0.1) is 12.0 Å². The average Bonchev–Trinajstić information content (AvgIpc) is 2.89. The highest BCUT2D eigenvalue weighted by Gasteiger charge is 2.42. The van der Waals surface area contributed by atoms with E-state index in [1.165, 1.54) is 19.3 Å². The minimum absolute atomic E-state index is 0. The first-order chi connectivity index (χ1) is 10.1. The molecule has 2 N–H and O–H groups in total. The number of hydrogen-bond acceptors (Lipinski definition) is 2. The summed E-state index contributed by atoms with van der Waals surface area (Å²) in [5, 5.41) is 6.78. The summed E-state index contributed by atoms with van der Waals surface area (Å²) in [4.78, 5) is 19.0. The summed E-state index contributed by atoms with van der Waals surface area (Å²) < 4.78 is 0. The van der Waals surface area contributed by atoms with Crippen LogP contribution in [-0.2, 0) is 4.79 Å². The van der Waals surface area contributed by atoms with E-state index in [9.17, 15) is 4.79 Å². The molecule has 2 aliphatic rings. The lowest BCUT2D eigenvalue weighted by atomic mass is 9.85. The van der Waals surface area contributed by atoms with Crippen LogP contribution in [0, 0.1) is 5.41 Å². The molecule has 0 aromatic carbocycles. The molecule has 0 atom stereocenters. The van der Waals surface area contributed by atoms with Gasteiger partial charge in [-0.25, -0.2) is 0 Å². The second-order valence-corrected chi connectivity index (χ2v) is 6.65. The van der Waals surface area contributed by atoms with E-state index in [0.717, 1.165) is 38.2 Å². The maximum absolute atomic E-state index is 12.5. The molecule has 2 rings (SSSR count). The quantitative estimate of drug-likeness (QED) is 0.407. The van der Waals surface area contributed by atoms with E-state index in [0.29, 0.717) is 12.6 Å². The molecule has 0 aromatic heterocycles. The molecule has 128 valence electrons. The molecular weight excluding hydrogens is 391 g/mol. The lowest BCUT2D eigenvalue weighted by Gasteiger charge is -2.31. The van der Waals surface area contributed by atoms with Crippen molar-refractivity contribution in [2.75, 3.05) is 27.2 Å². The number of guanidine groups is 1. The van der Waals surface area contributed by atoms with Crippen molar-refractivity contribution >= 4 is 35.8 Å². The monoisotopic (exact) mass is 422 g/mol. The molecular formula is C16H31IN4O. The molecule has 22 heavy (non-hydrogen) atoms. The van der Waals surface area contributed by atoms with Crippen LogP contribution in [0.4, 0.5) is 0 Å². The fraction of sp³-hybridized carbons (Fsp3) is 0.875. The second-order valence-electron chi connectivity index (χ2n) is 6.65. The zero-order chi connectivity index (χ0) is 15.3. The first-order valence-electron chi connectivity index (χ1n) is 8.34. The van der Waals surface area contributed by atoms with Gasteiger partial charge in [-0.2, -0.15) is 0 Å². The largest absolute Gasteiger partial charge is 0.357 e. The number of carbonyl (C=O) groups excluding carboxylic acids is 1. The Morgan fingerprint density at radius 1 is 1.23 bits per heavy atom. The molecule has 6 heteroatoms. The van der Waals surface area contributed by atoms with Crippen LogP contribution in [0.2, 0.25) is 0 Å². The molecule has 0 bridgehead atoms. The number of rotatable bonds is 5. The molecule has 0 radical (unpaired) electrons. The van der Waals surface area contributed by atoms with E-state index < -0.39 is 0 Å². The summed E-state index contributed by atoms with van der Waals surface area (Å²) >= 11 is 0. The minimum atomic E-state index is -0.272. The normalized spacial score (nSPS) is 20.8. The molecule has 0 saturated heterocycles. The third-order valence-electron chi connectivity index (χ3n) is 4.75. The smallest absolute Gasteiger partial charge is 0.230 e. The van der Waals surface area contributed by atoms with Gasteiger partial charge < -0.3 is 15.5 Å². The molecule has 0 heterocycles. The number of nitrogens with one attached hydrogen (secondary N) is 2. The Bertz CT molecular complexity index is 388. The van der Waals surface area contributed by atoms with Crippen molar-refractivity contribution < 1.29 is 4.79 Å². The number of amides is 1. The number of aliphatic imine (C=N–C) groups is 1. The van der Waals surface area contributed by atoms with E-state index >= 15 is 0 Å². The predicted octanol–water partition coefficient (Wildman–Crippen LogP) is 2.36. The van der Waals surface area contributed by atoms with Crippen LogP contribution in [0.5, 0.6) is 0 Å². The van der Waals surface area contributed by atoms with Crippen LogP contribution < -0.4 is 10.6 Å². The molecule has 2 aliphatic carbocycles. The van der Waals surface area contributed by atoms with Crippen molar-refractivity contribution in [2.45, 2.75) is 57.9 Å². The van der Waals surface area contributed by atoms with Crippen LogP contribution >= 0.6 is 24.0 Å². The standard InChI is InChI=1S/C16H30N4O.HI/c1-4-17-15(19-13-8-7-9-13)18-12-16(10-5-6-11-16)14(21)20(2)3;/h13H,4-12H2,1-3H3,(H2,17,18,19);1H. The maximum Gasteiger partial charge on any atom is 0.230 e. The lowest BCUT2D eigenvalue weighted by molar-refractivity contribution is -0.138. The van der Waals surface area contributed by atoms with E-state index in [4.69, 9.17) is 4.99 Å². The predicted molar refractivity (Wildman–Crippen MR) is 102 cm³/mol. The van der Waals surface area contributed by atoms with Crippen molar-refractivity contribution in [3.8, 4) is 0 Å². The molecule has 0 unspecified atom stereocenters. The number of nitrogens with zero attached hydrogens (tertiary/aromatic N) is 2. The Morgan fingerprint density at radius 3 is 2.32 bits per heavy atom. The number of hydrogen-bond donors (Lipinski definition) is 2. The molecule has 1 amide bonds. The van der Waals surface area contributed by atoms with Gasteiger partial charge in [-0.3, -0.25) is 9.79 Å². The summed E-state index contributed by atoms with van der Waals surface area (Å²) in [7, 11) is 3.70. The highest BCUT2D eigenvalue weighted by molar-refractivity contribution is 14.0. The SMILES string of the molecule is CCNC(=NCC1(C(=O)N(C)C)CCCC1)NC1CCC1.I. The summed E-state index contributed by atoms with van der Waals surface area (Å²) in [6.45, 7) is 3.54. The van der Waals surface area contributed by atoms with Crippen molar-refractivity contribution in [3.63, 3.8) is 0 Å². The molecule has 0 spiro atoms. The summed E-state index contributed by atoms with van der Waals surface area (Å²) in [5.41, 5.74) is -0.272. The third-order valence-corrected chi connectivity index (χ3v) is 4.75. The molecule has 0 aromatic rings. The van der Waals surface area contributed by atoms with Gasteiger partial charge in [0, 0.05) is 26.7 Å². The molecule has 0 aliphatic heterocycles. The van der Waals surface area contributed by atoms with Gasteiger partial charge in [-0.05, 0) is 39.0 Å². The van der Waals surface area contributed by atoms with Crippen LogP contribution in [0.1, 0.15) is 51.9 Å². The van der Waals surface area contributed by atoms with E-state index in [1.54, 1.807) is 4.90 Å². The fourth-order valence-corrected chi connectivity index (χ4v) is 3.26. The van der Waals surface area contributed by atoms with Gasteiger partial charge in [0.1, 0.15) is 0 Å². The Kier molecular flexibility index (Phi) is 7.93. The van der Waals surface area contributed by atoms with E-state index in [2.05, 4.69) is 17.6 Å². The summed E-state index contributed by atoms with van der Waals surface area (Å²) in [6, 6.07) is 0.562. The zero-order valence-electron chi connectivity index (χ0n) is 14.2. The Labute approximate surface area is 151 Å². The first kappa shape index (κ1) is 19.5. The fourth-order valence-electron chi connectivity index (χ4n) is 3.26. The molecule has 2 fully saturated rings. The molecule has 2 saturated carbocycles. The van der Waals surface area contributed by atoms with Gasteiger partial charge in [0.15, 0.2) is 5.96 Å². The van der Waals surface area contributed by atoms with Crippen molar-refractivity contribution in [2.24, 2.45) is 10.4 Å². The van der Waals surface area contributed by atoms with Gasteiger partial charge in [0.2, 0.25) is 5.91 Å². The van der Waals surface area contributed by atoms with Gasteiger partial charge in [0.25, 0.3) is 0 Å². The van der Waals surface area contributed by atoms with Gasteiger partial charge in [-0.1, -0.05) is 12.8 Å². The van der Waals surface area contributed by atoms with Crippen LogP contribution in [0.25, 0.3) is 0 Å². The zero-order valence-corrected chi connectivity index (χ0v) is 16.5. The highest BCUT2D eigenvalue weighted by atomic mass is 127. The first-order valence-corrected chi connectivity index (χ1v) is 8.34. The van der Waals surface area contributed by atoms with Gasteiger partial charge in [-0.15, -0.1) is 24.0 Å². The minimum Gasteiger partial charge on any atom is -0.357 e. The van der Waals surface area contributed by atoms with Crippen molar-refractivity contribution in [1.29, 1.82) is 0 Å². The summed E-state index contributed by atoms with van der Waals surface area (Å²) in [6.07, 6.45) is 7.98. The van der Waals surface area contributed by atoms with E-state index in [1.807, 2.05) is 14.1 Å². The van der Waals surface area contributed by atoms with Crippen LogP contribution in [-0.4, -0.2) is 50.0 Å². The number of halogens is 1. The lowest BCUT2D eigenvalue weighted by Crippen LogP contribution is -2.47. The topological polar surface area (TPSA) is 56.7 Å². The second kappa shape index (κ2) is 8.93. The van der Waals surface area contributed by atoms with E-state index in [-0.39, 0.29) is 35.3 Å². The van der Waals surface area contributed by atoms with Crippen molar-refractivity contribution in [3.05, 3.63) is 0 Å². The summed E-state index contributed by atoms with van der Waals surface area (Å²) in [5.74, 6) is 1.11. The average molecular weight is 422 g/mol. The molecule has 5 nitrogen and oxygen atoms in total. The Hall–Kier alpha value is -0.530. The van der Waals surface area contributed by atoms with Crippen molar-refractivity contribution in [1.82, 2.24) is 15.5 Å².